The van der Waals surface area contributed by atoms with Crippen LogP contribution in [0.4, 0.5) is 0 Å². The summed E-state index contributed by atoms with van der Waals surface area (Å²) < 4.78 is 27.0. The van der Waals surface area contributed by atoms with Crippen LogP contribution < -0.4 is 4.72 Å². The Balaban J connectivity index is 2.36. The fourth-order valence-electron chi connectivity index (χ4n) is 2.11. The van der Waals surface area contributed by atoms with Crippen LogP contribution in [0.5, 0.6) is 0 Å². The molecule has 0 radical (unpaired) electrons. The number of rotatable bonds is 4. The third-order valence-corrected chi connectivity index (χ3v) is 4.75. The average Bonchev–Trinajstić information content (AvgIpc) is 2.60. The van der Waals surface area contributed by atoms with Gasteiger partial charge in [-0.3, -0.25) is 9.71 Å². The molecular weight excluding hydrogens is 272 g/mol. The largest absolute Gasteiger partial charge is 0.268 e. The van der Waals surface area contributed by atoms with Crippen molar-refractivity contribution in [2.75, 3.05) is 6.54 Å². The SMILES string of the molecule is CC1=C(c2ccccc2)S(=O)(=O)NC1=NCCC(C)C. The molecule has 0 saturated heterocycles. The van der Waals surface area contributed by atoms with Crippen molar-refractivity contribution in [2.45, 2.75) is 27.2 Å². The van der Waals surface area contributed by atoms with Gasteiger partial charge >= 0.3 is 0 Å². The Morgan fingerprint density at radius 2 is 1.85 bits per heavy atom. The summed E-state index contributed by atoms with van der Waals surface area (Å²) in [5.74, 6) is 1.03. The summed E-state index contributed by atoms with van der Waals surface area (Å²) in [5, 5.41) is 0. The van der Waals surface area contributed by atoms with Crippen LogP contribution in [0.15, 0.2) is 40.9 Å². The minimum Gasteiger partial charge on any atom is -0.268 e. The van der Waals surface area contributed by atoms with E-state index in [0.717, 1.165) is 6.42 Å². The Morgan fingerprint density at radius 1 is 1.20 bits per heavy atom. The number of nitrogens with zero attached hydrogens (tertiary/aromatic N) is 1. The zero-order valence-corrected chi connectivity index (χ0v) is 12.9. The molecule has 0 spiro atoms. The molecule has 1 aromatic rings. The van der Waals surface area contributed by atoms with Crippen LogP contribution in [0.2, 0.25) is 0 Å². The highest BCUT2D eigenvalue weighted by Crippen LogP contribution is 2.29. The molecule has 108 valence electrons. The van der Waals surface area contributed by atoms with E-state index in [-0.39, 0.29) is 0 Å². The van der Waals surface area contributed by atoms with Crippen LogP contribution in [-0.2, 0) is 10.0 Å². The lowest BCUT2D eigenvalue weighted by Crippen LogP contribution is -2.23. The van der Waals surface area contributed by atoms with Crippen molar-refractivity contribution in [3.05, 3.63) is 41.5 Å². The third kappa shape index (κ3) is 3.10. The van der Waals surface area contributed by atoms with Crippen LogP contribution in [0.25, 0.3) is 4.91 Å². The zero-order valence-electron chi connectivity index (χ0n) is 12.1. The van der Waals surface area contributed by atoms with Gasteiger partial charge in [0, 0.05) is 12.1 Å². The van der Waals surface area contributed by atoms with Gasteiger partial charge in [-0.05, 0) is 24.8 Å². The first-order valence-electron chi connectivity index (χ1n) is 6.76. The molecule has 0 bridgehead atoms. The highest BCUT2D eigenvalue weighted by atomic mass is 32.2. The molecule has 0 amide bonds. The first-order chi connectivity index (χ1) is 9.42. The molecule has 1 aliphatic rings. The zero-order chi connectivity index (χ0) is 14.8. The molecule has 5 heteroatoms. The smallest absolute Gasteiger partial charge is 0.264 e. The molecule has 1 N–H and O–H groups in total. The first-order valence-corrected chi connectivity index (χ1v) is 8.24. The molecule has 2 rings (SSSR count). The Kier molecular flexibility index (Phi) is 4.28. The highest BCUT2D eigenvalue weighted by molar-refractivity contribution is 8.00. The molecular formula is C15H20N2O2S. The van der Waals surface area contributed by atoms with E-state index < -0.39 is 10.0 Å². The van der Waals surface area contributed by atoms with Crippen LogP contribution in [0.3, 0.4) is 0 Å². The van der Waals surface area contributed by atoms with Gasteiger partial charge in [-0.1, -0.05) is 44.2 Å². The Morgan fingerprint density at radius 3 is 2.45 bits per heavy atom. The van der Waals surface area contributed by atoms with Crippen LogP contribution >= 0.6 is 0 Å². The van der Waals surface area contributed by atoms with Crippen molar-refractivity contribution in [1.29, 1.82) is 0 Å². The minimum absolute atomic E-state index is 0.335. The van der Waals surface area contributed by atoms with E-state index in [0.29, 0.717) is 34.3 Å². The van der Waals surface area contributed by atoms with E-state index in [1.54, 1.807) is 19.1 Å². The summed E-state index contributed by atoms with van der Waals surface area (Å²) in [5.41, 5.74) is 1.39. The van der Waals surface area contributed by atoms with Gasteiger partial charge in [0.1, 0.15) is 10.7 Å². The van der Waals surface area contributed by atoms with Gasteiger partial charge in [0.15, 0.2) is 0 Å². The molecule has 20 heavy (non-hydrogen) atoms. The second-order valence-electron chi connectivity index (χ2n) is 5.34. The van der Waals surface area contributed by atoms with Crippen LogP contribution in [0, 0.1) is 5.92 Å². The molecule has 0 fully saturated rings. The molecule has 0 saturated carbocycles. The molecule has 1 heterocycles. The number of sulfonamides is 1. The van der Waals surface area contributed by atoms with E-state index in [2.05, 4.69) is 23.6 Å². The number of amidine groups is 1. The fraction of sp³-hybridized carbons (Fsp3) is 0.400. The molecule has 1 aromatic carbocycles. The number of benzene rings is 1. The molecule has 0 atom stereocenters. The van der Waals surface area contributed by atoms with Crippen molar-refractivity contribution < 1.29 is 8.42 Å². The summed E-state index contributed by atoms with van der Waals surface area (Å²) in [4.78, 5) is 4.72. The number of aliphatic imine (C=N–C) groups is 1. The van der Waals surface area contributed by atoms with Crippen LogP contribution in [0.1, 0.15) is 32.8 Å². The monoisotopic (exact) mass is 292 g/mol. The molecule has 4 nitrogen and oxygen atoms in total. The maximum atomic E-state index is 12.2. The van der Waals surface area contributed by atoms with Gasteiger partial charge in [-0.25, -0.2) is 8.42 Å². The standard InChI is InChI=1S/C15H20N2O2S/c1-11(2)9-10-16-15-12(3)14(20(18,19)17-15)13-7-5-4-6-8-13/h4-8,11H,9-10H2,1-3H3,(H,16,17). The van der Waals surface area contributed by atoms with Gasteiger partial charge in [-0.2, -0.15) is 0 Å². The Labute approximate surface area is 120 Å². The lowest BCUT2D eigenvalue weighted by atomic mass is 10.1. The Bertz CT molecular complexity index is 644. The molecule has 0 aliphatic carbocycles. The molecule has 1 aliphatic heterocycles. The minimum atomic E-state index is -3.49. The maximum Gasteiger partial charge on any atom is 0.264 e. The van der Waals surface area contributed by atoms with Crippen molar-refractivity contribution in [3.8, 4) is 0 Å². The number of hydrogen-bond acceptors (Lipinski definition) is 3. The normalized spacial score (nSPS) is 19.7. The second-order valence-corrected chi connectivity index (χ2v) is 6.96. The second kappa shape index (κ2) is 5.79. The quantitative estimate of drug-likeness (QED) is 0.927. The van der Waals surface area contributed by atoms with E-state index in [1.165, 1.54) is 0 Å². The third-order valence-electron chi connectivity index (χ3n) is 3.21. The first kappa shape index (κ1) is 14.8. The Hall–Kier alpha value is -1.62. The molecule has 0 unspecified atom stereocenters. The van der Waals surface area contributed by atoms with Crippen molar-refractivity contribution >= 4 is 20.8 Å². The van der Waals surface area contributed by atoms with E-state index >= 15 is 0 Å². The fourth-order valence-corrected chi connectivity index (χ4v) is 3.63. The van der Waals surface area contributed by atoms with Gasteiger partial charge in [0.25, 0.3) is 10.0 Å². The lowest BCUT2D eigenvalue weighted by Gasteiger charge is -2.02. The van der Waals surface area contributed by atoms with Gasteiger partial charge in [0.05, 0.1) is 0 Å². The predicted octanol–water partition coefficient (Wildman–Crippen LogP) is 2.80. The topological polar surface area (TPSA) is 58.5 Å². The summed E-state index contributed by atoms with van der Waals surface area (Å²) in [6.07, 6.45) is 0.944. The number of hydrogen-bond donors (Lipinski definition) is 1. The van der Waals surface area contributed by atoms with Gasteiger partial charge in [-0.15, -0.1) is 0 Å². The predicted molar refractivity (Wildman–Crippen MR) is 82.8 cm³/mol. The van der Waals surface area contributed by atoms with Crippen molar-refractivity contribution in [1.82, 2.24) is 4.72 Å². The lowest BCUT2D eigenvalue weighted by molar-refractivity contribution is 0.595. The number of nitrogens with one attached hydrogen (secondary N) is 1. The average molecular weight is 292 g/mol. The summed E-state index contributed by atoms with van der Waals surface area (Å²) >= 11 is 0. The highest BCUT2D eigenvalue weighted by Gasteiger charge is 2.32. The van der Waals surface area contributed by atoms with E-state index in [9.17, 15) is 8.42 Å². The maximum absolute atomic E-state index is 12.2. The summed E-state index contributed by atoms with van der Waals surface area (Å²) in [7, 11) is -3.49. The van der Waals surface area contributed by atoms with E-state index in [4.69, 9.17) is 0 Å². The summed E-state index contributed by atoms with van der Waals surface area (Å²) in [6, 6.07) is 9.13. The van der Waals surface area contributed by atoms with Gasteiger partial charge < -0.3 is 0 Å². The van der Waals surface area contributed by atoms with E-state index in [1.807, 2.05) is 18.2 Å². The van der Waals surface area contributed by atoms with Crippen molar-refractivity contribution in [2.24, 2.45) is 10.9 Å². The summed E-state index contributed by atoms with van der Waals surface area (Å²) in [6.45, 7) is 6.68. The molecule has 0 aromatic heterocycles. The van der Waals surface area contributed by atoms with Crippen molar-refractivity contribution in [3.63, 3.8) is 0 Å². The van der Waals surface area contributed by atoms with Gasteiger partial charge in [0.2, 0.25) is 0 Å². The van der Waals surface area contributed by atoms with Crippen LogP contribution in [-0.4, -0.2) is 20.8 Å².